The summed E-state index contributed by atoms with van der Waals surface area (Å²) in [7, 11) is 2.01. The van der Waals surface area contributed by atoms with Crippen LogP contribution in [0.25, 0.3) is 0 Å². The van der Waals surface area contributed by atoms with Crippen molar-refractivity contribution in [2.75, 3.05) is 5.43 Å². The van der Waals surface area contributed by atoms with E-state index >= 15 is 0 Å². The van der Waals surface area contributed by atoms with Crippen molar-refractivity contribution in [1.29, 1.82) is 0 Å². The smallest absolute Gasteiger partial charge is 0.335 e. The van der Waals surface area contributed by atoms with E-state index in [4.69, 9.17) is 5.11 Å². The minimum atomic E-state index is -0.935. The van der Waals surface area contributed by atoms with Crippen molar-refractivity contribution in [2.45, 2.75) is 13.8 Å². The number of nitrogens with zero attached hydrogens (tertiary/aromatic N) is 2. The van der Waals surface area contributed by atoms with E-state index in [-0.39, 0.29) is 5.56 Å². The molecule has 0 unspecified atom stereocenters. The van der Waals surface area contributed by atoms with E-state index in [1.54, 1.807) is 18.3 Å². The van der Waals surface area contributed by atoms with E-state index in [9.17, 15) is 4.79 Å². The van der Waals surface area contributed by atoms with Crippen LogP contribution in [0.2, 0.25) is 0 Å². The van der Waals surface area contributed by atoms with Gasteiger partial charge in [-0.25, -0.2) is 4.79 Å². The summed E-state index contributed by atoms with van der Waals surface area (Å²) in [4.78, 5) is 10.7. The van der Waals surface area contributed by atoms with E-state index in [1.807, 2.05) is 20.9 Å². The summed E-state index contributed by atoms with van der Waals surface area (Å²) in [5.41, 5.74) is 7.27. The first kappa shape index (κ1) is 13.9. The van der Waals surface area contributed by atoms with Crippen LogP contribution in [0.3, 0.4) is 0 Å². The number of carbonyl (C=O) groups is 1. The van der Waals surface area contributed by atoms with Gasteiger partial charge in [-0.05, 0) is 44.2 Å². The lowest BCUT2D eigenvalue weighted by molar-refractivity contribution is 0.0697. The first-order chi connectivity index (χ1) is 9.49. The number of aromatic nitrogens is 1. The van der Waals surface area contributed by atoms with Gasteiger partial charge in [0.2, 0.25) is 0 Å². The molecule has 1 aromatic heterocycles. The average Bonchev–Trinajstić information content (AvgIpc) is 2.67. The molecule has 104 valence electrons. The molecule has 0 saturated heterocycles. The number of carboxylic acids is 1. The van der Waals surface area contributed by atoms with Crippen LogP contribution in [-0.2, 0) is 7.05 Å². The molecular weight excluding hydrogens is 254 g/mol. The Morgan fingerprint density at radius 3 is 2.45 bits per heavy atom. The molecule has 5 heteroatoms. The number of aryl methyl sites for hydroxylation is 1. The van der Waals surface area contributed by atoms with Crippen LogP contribution in [0, 0.1) is 13.8 Å². The summed E-state index contributed by atoms with van der Waals surface area (Å²) in [6.07, 6.45) is 1.76. The largest absolute Gasteiger partial charge is 0.478 e. The number of anilines is 1. The molecule has 0 saturated carbocycles. The Hall–Kier alpha value is -2.56. The van der Waals surface area contributed by atoms with E-state index in [2.05, 4.69) is 21.2 Å². The minimum Gasteiger partial charge on any atom is -0.478 e. The monoisotopic (exact) mass is 271 g/mol. The molecule has 20 heavy (non-hydrogen) atoms. The molecular formula is C15H17N3O2. The Morgan fingerprint density at radius 1 is 1.30 bits per heavy atom. The molecule has 0 atom stereocenters. The predicted molar refractivity (Wildman–Crippen MR) is 79.5 cm³/mol. The summed E-state index contributed by atoms with van der Waals surface area (Å²) in [6.45, 7) is 4.08. The number of hydrogen-bond acceptors (Lipinski definition) is 3. The zero-order valence-corrected chi connectivity index (χ0v) is 11.7. The number of benzene rings is 1. The fraction of sp³-hybridized carbons (Fsp3) is 0.200. The molecule has 0 aliphatic heterocycles. The third-order valence-corrected chi connectivity index (χ3v) is 3.34. The maximum Gasteiger partial charge on any atom is 0.335 e. The highest BCUT2D eigenvalue weighted by Crippen LogP contribution is 2.12. The van der Waals surface area contributed by atoms with Crippen molar-refractivity contribution in [3.05, 3.63) is 52.8 Å². The topological polar surface area (TPSA) is 66.6 Å². The standard InChI is InChI=1S/C15H17N3O2/c1-10-8-13(11(2)18(10)3)9-16-17-14-6-4-12(5-7-14)15(19)20/h4-9,17H,1-3H3,(H,19,20)/b16-9-. The Balaban J connectivity index is 2.06. The second-order valence-corrected chi connectivity index (χ2v) is 4.64. The van der Waals surface area contributed by atoms with Gasteiger partial charge in [0, 0.05) is 24.0 Å². The molecule has 1 aromatic carbocycles. The molecule has 0 spiro atoms. The molecule has 5 nitrogen and oxygen atoms in total. The third-order valence-electron chi connectivity index (χ3n) is 3.34. The van der Waals surface area contributed by atoms with Gasteiger partial charge < -0.3 is 9.67 Å². The van der Waals surface area contributed by atoms with Crippen LogP contribution in [-0.4, -0.2) is 21.9 Å². The summed E-state index contributed by atoms with van der Waals surface area (Å²) >= 11 is 0. The highest BCUT2D eigenvalue weighted by atomic mass is 16.4. The second kappa shape index (κ2) is 5.61. The van der Waals surface area contributed by atoms with Crippen molar-refractivity contribution >= 4 is 17.9 Å². The number of aromatic carboxylic acids is 1. The van der Waals surface area contributed by atoms with Gasteiger partial charge >= 0.3 is 5.97 Å². The second-order valence-electron chi connectivity index (χ2n) is 4.64. The number of hydrazone groups is 1. The van der Waals surface area contributed by atoms with Crippen LogP contribution in [0.1, 0.15) is 27.3 Å². The van der Waals surface area contributed by atoms with Gasteiger partial charge in [-0.2, -0.15) is 5.10 Å². The van der Waals surface area contributed by atoms with Crippen molar-refractivity contribution in [2.24, 2.45) is 12.1 Å². The molecule has 2 aromatic rings. The average molecular weight is 271 g/mol. The van der Waals surface area contributed by atoms with Crippen molar-refractivity contribution < 1.29 is 9.90 Å². The highest BCUT2D eigenvalue weighted by molar-refractivity contribution is 5.88. The molecule has 0 radical (unpaired) electrons. The third kappa shape index (κ3) is 2.88. The van der Waals surface area contributed by atoms with Crippen molar-refractivity contribution in [3.63, 3.8) is 0 Å². The number of hydrogen-bond donors (Lipinski definition) is 2. The van der Waals surface area contributed by atoms with E-state index < -0.39 is 5.97 Å². The molecule has 2 rings (SSSR count). The normalized spacial score (nSPS) is 10.9. The lowest BCUT2D eigenvalue weighted by atomic mass is 10.2. The van der Waals surface area contributed by atoms with Crippen LogP contribution in [0.5, 0.6) is 0 Å². The fourth-order valence-corrected chi connectivity index (χ4v) is 1.88. The fourth-order valence-electron chi connectivity index (χ4n) is 1.88. The van der Waals surface area contributed by atoms with Crippen LogP contribution in [0.4, 0.5) is 5.69 Å². The summed E-state index contributed by atoms with van der Waals surface area (Å²) in [6, 6.07) is 8.51. The SMILES string of the molecule is Cc1cc(/C=N\Nc2ccc(C(=O)O)cc2)c(C)n1C. The highest BCUT2D eigenvalue weighted by Gasteiger charge is 2.03. The Bertz CT molecular complexity index is 655. The Labute approximate surface area is 117 Å². The van der Waals surface area contributed by atoms with Gasteiger partial charge in [0.1, 0.15) is 0 Å². The lowest BCUT2D eigenvalue weighted by Crippen LogP contribution is -1.97. The zero-order valence-electron chi connectivity index (χ0n) is 11.7. The van der Waals surface area contributed by atoms with E-state index in [0.29, 0.717) is 0 Å². The van der Waals surface area contributed by atoms with E-state index in [1.165, 1.54) is 17.8 Å². The van der Waals surface area contributed by atoms with Crippen molar-refractivity contribution in [3.8, 4) is 0 Å². The minimum absolute atomic E-state index is 0.258. The first-order valence-electron chi connectivity index (χ1n) is 6.24. The quantitative estimate of drug-likeness (QED) is 0.663. The predicted octanol–water partition coefficient (Wildman–Crippen LogP) is 2.79. The zero-order chi connectivity index (χ0) is 14.7. The van der Waals surface area contributed by atoms with E-state index in [0.717, 1.165) is 16.9 Å². The number of carboxylic acid groups (broad SMARTS) is 1. The van der Waals surface area contributed by atoms with Gasteiger partial charge in [-0.1, -0.05) is 0 Å². The summed E-state index contributed by atoms with van der Waals surface area (Å²) < 4.78 is 2.10. The molecule has 1 heterocycles. The molecule has 0 fully saturated rings. The Morgan fingerprint density at radius 2 is 1.95 bits per heavy atom. The van der Waals surface area contributed by atoms with Gasteiger partial charge in [0.25, 0.3) is 0 Å². The molecule has 2 N–H and O–H groups in total. The molecule has 0 amide bonds. The van der Waals surface area contributed by atoms with Crippen LogP contribution in [0.15, 0.2) is 35.4 Å². The lowest BCUT2D eigenvalue weighted by Gasteiger charge is -2.01. The molecule has 0 aliphatic rings. The summed E-state index contributed by atoms with van der Waals surface area (Å²) in [5, 5.41) is 13.0. The van der Waals surface area contributed by atoms with Gasteiger partial charge in [-0.15, -0.1) is 0 Å². The van der Waals surface area contributed by atoms with Gasteiger partial charge in [0.05, 0.1) is 17.5 Å². The first-order valence-corrected chi connectivity index (χ1v) is 6.24. The summed E-state index contributed by atoms with van der Waals surface area (Å²) in [5.74, 6) is -0.935. The van der Waals surface area contributed by atoms with Gasteiger partial charge in [-0.3, -0.25) is 5.43 Å². The number of nitrogens with one attached hydrogen (secondary N) is 1. The van der Waals surface area contributed by atoms with Gasteiger partial charge in [0.15, 0.2) is 0 Å². The van der Waals surface area contributed by atoms with Crippen LogP contribution >= 0.6 is 0 Å². The molecule has 0 bridgehead atoms. The van der Waals surface area contributed by atoms with Crippen molar-refractivity contribution in [1.82, 2.24) is 4.57 Å². The van der Waals surface area contributed by atoms with Crippen LogP contribution < -0.4 is 5.43 Å². The molecule has 0 aliphatic carbocycles. The Kier molecular flexibility index (Phi) is 3.89. The number of rotatable bonds is 4. The maximum absolute atomic E-state index is 10.7. The maximum atomic E-state index is 10.7.